The second kappa shape index (κ2) is 9.45. The van der Waals surface area contributed by atoms with Crippen molar-refractivity contribution in [3.8, 4) is 0 Å². The summed E-state index contributed by atoms with van der Waals surface area (Å²) in [5.41, 5.74) is 0.531. The van der Waals surface area contributed by atoms with Gasteiger partial charge in [0.2, 0.25) is 0 Å². The van der Waals surface area contributed by atoms with Crippen LogP contribution in [0, 0.1) is 57.2 Å². The van der Waals surface area contributed by atoms with E-state index in [1.165, 1.54) is 44.9 Å². The number of aliphatic hydroxyl groups is 1. The first-order chi connectivity index (χ1) is 18.3. The molecule has 0 aromatic heterocycles. The third-order valence-electron chi connectivity index (χ3n) is 14.6. The Bertz CT molecular complexity index is 960. The average Bonchev–Trinajstić information content (AvgIpc) is 3.21. The van der Waals surface area contributed by atoms with Crippen LogP contribution in [-0.4, -0.2) is 29.1 Å². The minimum absolute atomic E-state index is 0.0898. The van der Waals surface area contributed by atoms with Crippen LogP contribution >= 0.6 is 0 Å². The van der Waals surface area contributed by atoms with Gasteiger partial charge in [-0.2, -0.15) is 0 Å². The first-order valence-corrected chi connectivity index (χ1v) is 17.0. The zero-order valence-electron chi connectivity index (χ0n) is 26.2. The maximum absolute atomic E-state index is 13.3. The van der Waals surface area contributed by atoms with Crippen LogP contribution < -0.4 is 0 Å². The highest BCUT2D eigenvalue weighted by Crippen LogP contribution is 2.71. The molecule has 5 saturated carbocycles. The largest absolute Gasteiger partial charge is 0.462 e. The summed E-state index contributed by atoms with van der Waals surface area (Å²) in [7, 11) is 0. The standard InChI is InChI=1S/C35H58O4/c1-8-10-11-16-35(37)22(3)29-28(39-35)20-27-25-13-12-23-19-24(38-30(36)34(9-2)21-31(34,4)5)14-17-32(23,6)26(25)15-18-33(27,29)7/h22-29,37H,8-21H2,1-7H3/t22-,23?,24+,25?,26?,27?,28?,29?,32?,33?,34?,35+/m0/s1. The van der Waals surface area contributed by atoms with Crippen molar-refractivity contribution >= 4 is 5.97 Å². The lowest BCUT2D eigenvalue weighted by Gasteiger charge is -2.61. The molecule has 6 fully saturated rings. The van der Waals surface area contributed by atoms with Crippen LogP contribution in [0.5, 0.6) is 0 Å². The second-order valence-electron chi connectivity index (χ2n) is 16.5. The Labute approximate surface area is 238 Å². The van der Waals surface area contributed by atoms with Crippen molar-refractivity contribution in [3.05, 3.63) is 0 Å². The van der Waals surface area contributed by atoms with E-state index in [1.54, 1.807) is 0 Å². The van der Waals surface area contributed by atoms with Crippen molar-refractivity contribution in [2.75, 3.05) is 0 Å². The molecule has 1 aliphatic heterocycles. The molecule has 0 aromatic rings. The van der Waals surface area contributed by atoms with Gasteiger partial charge in [-0.05, 0) is 116 Å². The molecule has 0 spiro atoms. The summed E-state index contributed by atoms with van der Waals surface area (Å²) < 4.78 is 12.9. The quantitative estimate of drug-likeness (QED) is 0.260. The van der Waals surface area contributed by atoms with E-state index in [2.05, 4.69) is 48.5 Å². The number of carbonyl (C=O) groups excluding carboxylic acids is 1. The zero-order chi connectivity index (χ0) is 28.0. The van der Waals surface area contributed by atoms with Crippen molar-refractivity contribution in [1.82, 2.24) is 0 Å². The molecule has 222 valence electrons. The van der Waals surface area contributed by atoms with E-state index in [9.17, 15) is 9.90 Å². The predicted molar refractivity (Wildman–Crippen MR) is 155 cm³/mol. The molecule has 1 heterocycles. The van der Waals surface area contributed by atoms with Crippen LogP contribution in [0.1, 0.15) is 138 Å². The molecule has 0 radical (unpaired) electrons. The van der Waals surface area contributed by atoms with Gasteiger partial charge in [-0.1, -0.05) is 61.3 Å². The van der Waals surface area contributed by atoms with Crippen molar-refractivity contribution < 1.29 is 19.4 Å². The molecule has 4 nitrogen and oxygen atoms in total. The van der Waals surface area contributed by atoms with Gasteiger partial charge in [0.15, 0.2) is 5.79 Å². The number of rotatable bonds is 7. The summed E-state index contributed by atoms with van der Waals surface area (Å²) in [5, 5.41) is 11.6. The Morgan fingerprint density at radius 1 is 0.949 bits per heavy atom. The number of unbranched alkanes of at least 4 members (excludes halogenated alkanes) is 2. The highest BCUT2D eigenvalue weighted by Gasteiger charge is 2.69. The summed E-state index contributed by atoms with van der Waals surface area (Å²) in [6, 6.07) is 0. The van der Waals surface area contributed by atoms with Crippen LogP contribution in [0.4, 0.5) is 0 Å². The molecule has 1 N–H and O–H groups in total. The highest BCUT2D eigenvalue weighted by molar-refractivity contribution is 5.81. The number of fused-ring (bicyclic) bond motifs is 7. The van der Waals surface area contributed by atoms with Crippen LogP contribution in [0.25, 0.3) is 0 Å². The van der Waals surface area contributed by atoms with Gasteiger partial charge in [-0.25, -0.2) is 0 Å². The normalized spacial score (nSPS) is 53.3. The van der Waals surface area contributed by atoms with Gasteiger partial charge in [-0.15, -0.1) is 0 Å². The summed E-state index contributed by atoms with van der Waals surface area (Å²) >= 11 is 0. The Kier molecular flexibility index (Phi) is 6.91. The van der Waals surface area contributed by atoms with E-state index in [4.69, 9.17) is 9.47 Å². The smallest absolute Gasteiger partial charge is 0.312 e. The molecule has 6 rings (SSSR count). The molecule has 39 heavy (non-hydrogen) atoms. The van der Waals surface area contributed by atoms with Crippen molar-refractivity contribution in [2.45, 2.75) is 156 Å². The molecule has 0 amide bonds. The molecule has 0 bridgehead atoms. The van der Waals surface area contributed by atoms with Crippen LogP contribution in [0.2, 0.25) is 0 Å². The van der Waals surface area contributed by atoms with E-state index in [0.29, 0.717) is 22.7 Å². The second-order valence-corrected chi connectivity index (χ2v) is 16.5. The molecule has 5 aliphatic carbocycles. The fourth-order valence-electron chi connectivity index (χ4n) is 12.0. The number of ether oxygens (including phenoxy) is 2. The molecular weight excluding hydrogens is 484 g/mol. The Morgan fingerprint density at radius 2 is 1.67 bits per heavy atom. The van der Waals surface area contributed by atoms with Gasteiger partial charge < -0.3 is 14.6 Å². The van der Waals surface area contributed by atoms with E-state index in [1.807, 2.05) is 0 Å². The van der Waals surface area contributed by atoms with Crippen LogP contribution in [0.15, 0.2) is 0 Å². The van der Waals surface area contributed by atoms with Gasteiger partial charge in [0.05, 0.1) is 11.5 Å². The Hall–Kier alpha value is -0.610. The fourth-order valence-corrected chi connectivity index (χ4v) is 12.0. The minimum Gasteiger partial charge on any atom is -0.462 e. The van der Waals surface area contributed by atoms with E-state index < -0.39 is 5.79 Å². The Morgan fingerprint density at radius 3 is 2.33 bits per heavy atom. The van der Waals surface area contributed by atoms with Crippen molar-refractivity contribution in [3.63, 3.8) is 0 Å². The van der Waals surface area contributed by atoms with E-state index >= 15 is 0 Å². The number of hydrogen-bond acceptors (Lipinski definition) is 4. The predicted octanol–water partition coefficient (Wildman–Crippen LogP) is 8.30. The third kappa shape index (κ3) is 4.06. The maximum atomic E-state index is 13.3. The monoisotopic (exact) mass is 542 g/mol. The molecule has 6 aliphatic rings. The summed E-state index contributed by atoms with van der Waals surface area (Å²) in [4.78, 5) is 13.3. The lowest BCUT2D eigenvalue weighted by molar-refractivity contribution is -0.221. The van der Waals surface area contributed by atoms with Gasteiger partial charge in [0, 0.05) is 12.3 Å². The zero-order valence-corrected chi connectivity index (χ0v) is 26.2. The lowest BCUT2D eigenvalue weighted by atomic mass is 9.44. The molecule has 1 saturated heterocycles. The molecule has 9 unspecified atom stereocenters. The van der Waals surface area contributed by atoms with Gasteiger partial charge in [0.25, 0.3) is 0 Å². The van der Waals surface area contributed by atoms with Gasteiger partial charge >= 0.3 is 5.97 Å². The average molecular weight is 543 g/mol. The van der Waals surface area contributed by atoms with Crippen LogP contribution in [0.3, 0.4) is 0 Å². The molecule has 0 aromatic carbocycles. The topological polar surface area (TPSA) is 55.8 Å². The lowest BCUT2D eigenvalue weighted by Crippen LogP contribution is -2.55. The fraction of sp³-hybridized carbons (Fsp3) is 0.971. The summed E-state index contributed by atoms with van der Waals surface area (Å²) in [6.07, 6.45) is 16.1. The molecule has 4 heteroatoms. The first kappa shape index (κ1) is 28.5. The Balaban J connectivity index is 1.12. The number of esters is 1. The minimum atomic E-state index is -0.916. The van der Waals surface area contributed by atoms with E-state index in [0.717, 1.165) is 62.7 Å². The summed E-state index contributed by atoms with van der Waals surface area (Å²) in [5.74, 6) is 2.87. The highest BCUT2D eigenvalue weighted by atomic mass is 16.6. The third-order valence-corrected chi connectivity index (χ3v) is 14.6. The first-order valence-electron chi connectivity index (χ1n) is 17.0. The van der Waals surface area contributed by atoms with Crippen LogP contribution in [-0.2, 0) is 14.3 Å². The number of hydrogen-bond donors (Lipinski definition) is 1. The van der Waals surface area contributed by atoms with E-state index in [-0.39, 0.29) is 34.9 Å². The number of carbonyl (C=O) groups is 1. The van der Waals surface area contributed by atoms with Crippen molar-refractivity contribution in [2.24, 2.45) is 57.2 Å². The van der Waals surface area contributed by atoms with Gasteiger partial charge in [-0.3, -0.25) is 4.79 Å². The summed E-state index contributed by atoms with van der Waals surface area (Å²) in [6.45, 7) is 16.3. The SMILES string of the molecule is CCCCC[C@@]1(O)OC2CC3C4CCC5C[C@H](OC(=O)C6(CC)CC6(C)C)CCC5(C)C4CCC3(C)C2[C@@H]1C. The van der Waals surface area contributed by atoms with Gasteiger partial charge in [0.1, 0.15) is 6.10 Å². The molecular formula is C35H58O4. The maximum Gasteiger partial charge on any atom is 0.312 e. The molecule has 12 atom stereocenters. The van der Waals surface area contributed by atoms with Crippen molar-refractivity contribution in [1.29, 1.82) is 0 Å².